The number of nitrogens with one attached hydrogen (secondary N) is 1. The van der Waals surface area contributed by atoms with Crippen LogP contribution in [0.2, 0.25) is 0 Å². The van der Waals surface area contributed by atoms with Gasteiger partial charge in [-0.25, -0.2) is 15.0 Å². The SMILES string of the molecule is CCCCCCCCCCc1ccnc(Nc2ncccn2)c1. The fourth-order valence-corrected chi connectivity index (χ4v) is 2.64. The molecule has 0 atom stereocenters. The molecule has 0 aromatic carbocycles. The fourth-order valence-electron chi connectivity index (χ4n) is 2.64. The van der Waals surface area contributed by atoms with Crippen molar-refractivity contribution >= 4 is 11.8 Å². The van der Waals surface area contributed by atoms with Crippen LogP contribution in [0.4, 0.5) is 11.8 Å². The van der Waals surface area contributed by atoms with Crippen molar-refractivity contribution in [2.45, 2.75) is 64.7 Å². The summed E-state index contributed by atoms with van der Waals surface area (Å²) in [4.78, 5) is 12.6. The summed E-state index contributed by atoms with van der Waals surface area (Å²) in [5, 5.41) is 3.14. The number of anilines is 2. The Morgan fingerprint density at radius 1 is 0.826 bits per heavy atom. The Labute approximate surface area is 139 Å². The molecule has 0 aliphatic heterocycles. The van der Waals surface area contributed by atoms with Crippen molar-refractivity contribution in [2.24, 2.45) is 0 Å². The zero-order chi connectivity index (χ0) is 16.2. The molecule has 2 heterocycles. The number of aryl methyl sites for hydroxylation is 1. The number of rotatable bonds is 11. The van der Waals surface area contributed by atoms with Crippen LogP contribution in [0.3, 0.4) is 0 Å². The maximum absolute atomic E-state index is 4.33. The third-order valence-corrected chi connectivity index (χ3v) is 3.95. The molecule has 124 valence electrons. The summed E-state index contributed by atoms with van der Waals surface area (Å²) in [5.74, 6) is 1.40. The minimum atomic E-state index is 0.587. The molecule has 2 aromatic rings. The van der Waals surface area contributed by atoms with E-state index in [4.69, 9.17) is 0 Å². The molecule has 0 fully saturated rings. The van der Waals surface area contributed by atoms with Crippen molar-refractivity contribution < 1.29 is 0 Å². The molecule has 0 spiro atoms. The molecule has 2 rings (SSSR count). The molecule has 4 heteroatoms. The number of pyridine rings is 1. The van der Waals surface area contributed by atoms with Gasteiger partial charge >= 0.3 is 0 Å². The van der Waals surface area contributed by atoms with E-state index in [2.05, 4.69) is 39.3 Å². The lowest BCUT2D eigenvalue weighted by molar-refractivity contribution is 0.575. The van der Waals surface area contributed by atoms with Crippen molar-refractivity contribution in [1.29, 1.82) is 0 Å². The van der Waals surface area contributed by atoms with Gasteiger partial charge in [0.05, 0.1) is 0 Å². The van der Waals surface area contributed by atoms with Crippen LogP contribution in [0.15, 0.2) is 36.8 Å². The molecular formula is C19H28N4. The van der Waals surface area contributed by atoms with Crippen molar-refractivity contribution in [3.8, 4) is 0 Å². The molecule has 0 unspecified atom stereocenters. The molecule has 1 N–H and O–H groups in total. The van der Waals surface area contributed by atoms with Gasteiger partial charge in [0, 0.05) is 18.6 Å². The first kappa shape index (κ1) is 17.4. The second-order valence-corrected chi connectivity index (χ2v) is 5.97. The lowest BCUT2D eigenvalue weighted by Gasteiger charge is -2.06. The topological polar surface area (TPSA) is 50.7 Å². The predicted molar refractivity (Wildman–Crippen MR) is 95.9 cm³/mol. The average Bonchev–Trinajstić information content (AvgIpc) is 2.58. The lowest BCUT2D eigenvalue weighted by Crippen LogP contribution is -1.98. The second-order valence-electron chi connectivity index (χ2n) is 5.97. The van der Waals surface area contributed by atoms with Gasteiger partial charge in [0.25, 0.3) is 0 Å². The highest BCUT2D eigenvalue weighted by Crippen LogP contribution is 2.14. The molecule has 0 amide bonds. The van der Waals surface area contributed by atoms with Gasteiger partial charge in [-0.05, 0) is 36.6 Å². The summed E-state index contributed by atoms with van der Waals surface area (Å²) in [6.07, 6.45) is 17.2. The van der Waals surface area contributed by atoms with E-state index in [-0.39, 0.29) is 0 Å². The van der Waals surface area contributed by atoms with Crippen molar-refractivity contribution in [3.63, 3.8) is 0 Å². The summed E-state index contributed by atoms with van der Waals surface area (Å²) < 4.78 is 0. The predicted octanol–water partition coefficient (Wildman–Crippen LogP) is 5.30. The quantitative estimate of drug-likeness (QED) is 0.572. The number of nitrogens with zero attached hydrogens (tertiary/aromatic N) is 3. The smallest absolute Gasteiger partial charge is 0.228 e. The van der Waals surface area contributed by atoms with E-state index in [1.807, 2.05) is 6.20 Å². The maximum Gasteiger partial charge on any atom is 0.228 e. The van der Waals surface area contributed by atoms with Crippen LogP contribution in [0.1, 0.15) is 63.9 Å². The average molecular weight is 312 g/mol. The molecule has 23 heavy (non-hydrogen) atoms. The number of aromatic nitrogens is 3. The number of hydrogen-bond donors (Lipinski definition) is 1. The normalized spacial score (nSPS) is 10.7. The molecule has 0 bridgehead atoms. The van der Waals surface area contributed by atoms with Gasteiger partial charge in [-0.15, -0.1) is 0 Å². The Morgan fingerprint density at radius 2 is 1.52 bits per heavy atom. The fraction of sp³-hybridized carbons (Fsp3) is 0.526. The van der Waals surface area contributed by atoms with Crippen LogP contribution in [0.25, 0.3) is 0 Å². The van der Waals surface area contributed by atoms with Crippen LogP contribution in [-0.2, 0) is 6.42 Å². The van der Waals surface area contributed by atoms with Crippen LogP contribution in [0, 0.1) is 0 Å². The van der Waals surface area contributed by atoms with Crippen LogP contribution in [0.5, 0.6) is 0 Å². The van der Waals surface area contributed by atoms with Gasteiger partial charge in [0.15, 0.2) is 0 Å². The zero-order valence-electron chi connectivity index (χ0n) is 14.2. The second kappa shape index (κ2) is 10.7. The summed E-state index contributed by atoms with van der Waals surface area (Å²) in [6.45, 7) is 2.27. The summed E-state index contributed by atoms with van der Waals surface area (Å²) >= 11 is 0. The molecule has 0 aliphatic rings. The van der Waals surface area contributed by atoms with Crippen molar-refractivity contribution in [3.05, 3.63) is 42.4 Å². The molecule has 2 aromatic heterocycles. The van der Waals surface area contributed by atoms with Gasteiger partial charge in [-0.1, -0.05) is 51.9 Å². The number of hydrogen-bond acceptors (Lipinski definition) is 4. The molecule has 0 saturated heterocycles. The van der Waals surface area contributed by atoms with Gasteiger partial charge in [0.2, 0.25) is 5.95 Å². The Bertz CT molecular complexity index is 542. The molecular weight excluding hydrogens is 284 g/mol. The first-order chi connectivity index (χ1) is 11.4. The minimum absolute atomic E-state index is 0.587. The molecule has 0 saturated carbocycles. The Hall–Kier alpha value is -1.97. The summed E-state index contributed by atoms with van der Waals surface area (Å²) in [5.41, 5.74) is 1.32. The summed E-state index contributed by atoms with van der Waals surface area (Å²) in [7, 11) is 0. The molecule has 0 aliphatic carbocycles. The minimum Gasteiger partial charge on any atom is -0.309 e. The van der Waals surface area contributed by atoms with E-state index in [1.165, 1.54) is 56.9 Å². The number of unbranched alkanes of at least 4 members (excludes halogenated alkanes) is 7. The van der Waals surface area contributed by atoms with Gasteiger partial charge < -0.3 is 5.32 Å². The van der Waals surface area contributed by atoms with E-state index in [0.29, 0.717) is 5.95 Å². The Balaban J connectivity index is 1.67. The van der Waals surface area contributed by atoms with Gasteiger partial charge in [0.1, 0.15) is 5.82 Å². The largest absolute Gasteiger partial charge is 0.309 e. The van der Waals surface area contributed by atoms with Gasteiger partial charge in [-0.3, -0.25) is 0 Å². The highest BCUT2D eigenvalue weighted by molar-refractivity contribution is 5.48. The van der Waals surface area contributed by atoms with E-state index in [9.17, 15) is 0 Å². The standard InChI is InChI=1S/C19H28N4/c1-2-3-4-5-6-7-8-9-11-17-12-15-20-18(16-17)23-19-21-13-10-14-22-19/h10,12-16H,2-9,11H2,1H3,(H,20,21,22,23). The zero-order valence-corrected chi connectivity index (χ0v) is 14.2. The third-order valence-electron chi connectivity index (χ3n) is 3.95. The van der Waals surface area contributed by atoms with E-state index in [0.717, 1.165) is 12.2 Å². The first-order valence-electron chi connectivity index (χ1n) is 8.87. The van der Waals surface area contributed by atoms with Crippen molar-refractivity contribution in [1.82, 2.24) is 15.0 Å². The maximum atomic E-state index is 4.33. The van der Waals surface area contributed by atoms with E-state index < -0.39 is 0 Å². The van der Waals surface area contributed by atoms with Crippen LogP contribution in [-0.4, -0.2) is 15.0 Å². The van der Waals surface area contributed by atoms with Crippen LogP contribution >= 0.6 is 0 Å². The summed E-state index contributed by atoms with van der Waals surface area (Å²) in [6, 6.07) is 5.99. The van der Waals surface area contributed by atoms with E-state index in [1.54, 1.807) is 18.5 Å². The third kappa shape index (κ3) is 7.22. The monoisotopic (exact) mass is 312 g/mol. The lowest BCUT2D eigenvalue weighted by atomic mass is 10.0. The molecule has 0 radical (unpaired) electrons. The first-order valence-corrected chi connectivity index (χ1v) is 8.87. The Morgan fingerprint density at radius 3 is 2.26 bits per heavy atom. The van der Waals surface area contributed by atoms with E-state index >= 15 is 0 Å². The highest BCUT2D eigenvalue weighted by Gasteiger charge is 2.00. The van der Waals surface area contributed by atoms with Crippen molar-refractivity contribution in [2.75, 3.05) is 5.32 Å². The Kier molecular flexibility index (Phi) is 8.09. The van der Waals surface area contributed by atoms with Crippen LogP contribution < -0.4 is 5.32 Å². The highest BCUT2D eigenvalue weighted by atomic mass is 15.1. The van der Waals surface area contributed by atoms with Gasteiger partial charge in [-0.2, -0.15) is 0 Å². The molecule has 4 nitrogen and oxygen atoms in total.